The van der Waals surface area contributed by atoms with Crippen LogP contribution in [0.3, 0.4) is 0 Å². The Morgan fingerprint density at radius 2 is 1.75 bits per heavy atom. The molecule has 2 N–H and O–H groups in total. The van der Waals surface area contributed by atoms with Crippen LogP contribution in [0.2, 0.25) is 0 Å². The molecule has 0 bridgehead atoms. The van der Waals surface area contributed by atoms with Crippen LogP contribution >= 0.6 is 0 Å². The SMILES string of the molecule is CC(N)(C#N)CCCOCCOC(C)(C)C. The molecule has 0 heterocycles. The first-order valence-electron chi connectivity index (χ1n) is 5.69. The van der Waals surface area contributed by atoms with Gasteiger partial charge in [-0.2, -0.15) is 5.26 Å². The fraction of sp³-hybridized carbons (Fsp3) is 0.917. The summed E-state index contributed by atoms with van der Waals surface area (Å²) >= 11 is 0. The van der Waals surface area contributed by atoms with E-state index in [2.05, 4.69) is 6.07 Å². The van der Waals surface area contributed by atoms with E-state index in [1.54, 1.807) is 6.92 Å². The molecule has 0 radical (unpaired) electrons. The third kappa shape index (κ3) is 9.91. The minimum atomic E-state index is -0.731. The molecule has 0 saturated heterocycles. The quantitative estimate of drug-likeness (QED) is 0.675. The van der Waals surface area contributed by atoms with Gasteiger partial charge in [-0.15, -0.1) is 0 Å². The first-order chi connectivity index (χ1) is 7.27. The summed E-state index contributed by atoms with van der Waals surface area (Å²) in [7, 11) is 0. The van der Waals surface area contributed by atoms with Crippen LogP contribution in [0.5, 0.6) is 0 Å². The van der Waals surface area contributed by atoms with E-state index >= 15 is 0 Å². The molecule has 1 atom stereocenters. The molecule has 1 unspecified atom stereocenters. The zero-order chi connectivity index (χ0) is 12.7. The topological polar surface area (TPSA) is 68.3 Å². The highest BCUT2D eigenvalue weighted by Crippen LogP contribution is 2.08. The van der Waals surface area contributed by atoms with Gasteiger partial charge >= 0.3 is 0 Å². The normalized spacial score (nSPS) is 15.5. The number of ether oxygens (including phenoxy) is 2. The summed E-state index contributed by atoms with van der Waals surface area (Å²) in [4.78, 5) is 0. The van der Waals surface area contributed by atoms with Crippen LogP contribution in [0.1, 0.15) is 40.5 Å². The van der Waals surface area contributed by atoms with Crippen molar-refractivity contribution in [3.05, 3.63) is 0 Å². The van der Waals surface area contributed by atoms with E-state index in [4.69, 9.17) is 20.5 Å². The first kappa shape index (κ1) is 15.4. The van der Waals surface area contributed by atoms with Crippen LogP contribution in [0.25, 0.3) is 0 Å². The highest BCUT2D eigenvalue weighted by molar-refractivity contribution is 5.00. The van der Waals surface area contributed by atoms with E-state index in [0.29, 0.717) is 26.2 Å². The van der Waals surface area contributed by atoms with Crippen molar-refractivity contribution < 1.29 is 9.47 Å². The lowest BCUT2D eigenvalue weighted by Crippen LogP contribution is -2.34. The molecule has 0 aliphatic rings. The molecular formula is C12H24N2O2. The molecular weight excluding hydrogens is 204 g/mol. The molecule has 4 heteroatoms. The zero-order valence-corrected chi connectivity index (χ0v) is 10.9. The average Bonchev–Trinajstić information content (AvgIpc) is 2.14. The van der Waals surface area contributed by atoms with E-state index in [9.17, 15) is 0 Å². The van der Waals surface area contributed by atoms with Crippen LogP contribution in [-0.4, -0.2) is 31.0 Å². The summed E-state index contributed by atoms with van der Waals surface area (Å²) in [6.07, 6.45) is 1.46. The Balaban J connectivity index is 3.33. The van der Waals surface area contributed by atoms with Crippen molar-refractivity contribution >= 4 is 0 Å². The summed E-state index contributed by atoms with van der Waals surface area (Å²) in [6, 6.07) is 2.06. The lowest BCUT2D eigenvalue weighted by atomic mass is 10.00. The van der Waals surface area contributed by atoms with Crippen molar-refractivity contribution in [1.82, 2.24) is 0 Å². The molecule has 0 aromatic rings. The number of hydrogen-bond donors (Lipinski definition) is 1. The van der Waals surface area contributed by atoms with Gasteiger partial charge in [0.05, 0.1) is 24.9 Å². The van der Waals surface area contributed by atoms with Gasteiger partial charge in [-0.25, -0.2) is 0 Å². The lowest BCUT2D eigenvalue weighted by molar-refractivity contribution is -0.0353. The third-order valence-electron chi connectivity index (χ3n) is 2.00. The van der Waals surface area contributed by atoms with Gasteiger partial charge < -0.3 is 15.2 Å². The molecule has 94 valence electrons. The predicted octanol–water partition coefficient (Wildman–Crippen LogP) is 1.84. The first-order valence-corrected chi connectivity index (χ1v) is 5.69. The van der Waals surface area contributed by atoms with Crippen molar-refractivity contribution in [2.24, 2.45) is 5.73 Å². The van der Waals surface area contributed by atoms with Crippen LogP contribution in [0, 0.1) is 11.3 Å². The number of rotatable bonds is 7. The number of nitriles is 1. The molecule has 0 rings (SSSR count). The van der Waals surface area contributed by atoms with Gasteiger partial charge in [0.1, 0.15) is 5.54 Å². The highest BCUT2D eigenvalue weighted by Gasteiger charge is 2.15. The monoisotopic (exact) mass is 228 g/mol. The van der Waals surface area contributed by atoms with Crippen molar-refractivity contribution in [2.75, 3.05) is 19.8 Å². The van der Waals surface area contributed by atoms with Gasteiger partial charge in [-0.05, 0) is 40.5 Å². The Hall–Kier alpha value is -0.630. The van der Waals surface area contributed by atoms with E-state index in [-0.39, 0.29) is 5.60 Å². The smallest absolute Gasteiger partial charge is 0.101 e. The average molecular weight is 228 g/mol. The van der Waals surface area contributed by atoms with E-state index in [0.717, 1.165) is 6.42 Å². The second-order valence-corrected chi connectivity index (χ2v) is 5.21. The van der Waals surface area contributed by atoms with Crippen LogP contribution in [0.4, 0.5) is 0 Å². The Kier molecular flexibility index (Phi) is 6.58. The highest BCUT2D eigenvalue weighted by atomic mass is 16.5. The van der Waals surface area contributed by atoms with Crippen molar-refractivity contribution in [3.63, 3.8) is 0 Å². The number of nitrogens with zero attached hydrogens (tertiary/aromatic N) is 1. The van der Waals surface area contributed by atoms with Gasteiger partial charge in [0.25, 0.3) is 0 Å². The fourth-order valence-electron chi connectivity index (χ4n) is 1.11. The predicted molar refractivity (Wildman–Crippen MR) is 64.0 cm³/mol. The summed E-state index contributed by atoms with van der Waals surface area (Å²) in [5, 5.41) is 8.69. The van der Waals surface area contributed by atoms with Crippen LogP contribution in [-0.2, 0) is 9.47 Å². The Labute approximate surface area is 98.7 Å². The second-order valence-electron chi connectivity index (χ2n) is 5.21. The van der Waals surface area contributed by atoms with Gasteiger partial charge in [-0.3, -0.25) is 0 Å². The summed E-state index contributed by atoms with van der Waals surface area (Å²) < 4.78 is 10.9. The van der Waals surface area contributed by atoms with E-state index in [1.165, 1.54) is 0 Å². The minimum Gasteiger partial charge on any atom is -0.379 e. The van der Waals surface area contributed by atoms with E-state index in [1.807, 2.05) is 20.8 Å². The zero-order valence-electron chi connectivity index (χ0n) is 10.9. The van der Waals surface area contributed by atoms with E-state index < -0.39 is 5.54 Å². The standard InChI is InChI=1S/C12H24N2O2/c1-11(2,3)16-9-8-15-7-5-6-12(4,14)10-13/h5-9,14H2,1-4H3. The van der Waals surface area contributed by atoms with Gasteiger partial charge in [0, 0.05) is 6.61 Å². The van der Waals surface area contributed by atoms with Crippen LogP contribution in [0.15, 0.2) is 0 Å². The molecule has 4 nitrogen and oxygen atoms in total. The number of nitrogens with two attached hydrogens (primary N) is 1. The lowest BCUT2D eigenvalue weighted by Gasteiger charge is -2.19. The largest absolute Gasteiger partial charge is 0.379 e. The third-order valence-corrected chi connectivity index (χ3v) is 2.00. The molecule has 0 saturated carbocycles. The molecule has 0 aromatic heterocycles. The molecule has 0 amide bonds. The maximum absolute atomic E-state index is 8.69. The molecule has 0 aliphatic carbocycles. The van der Waals surface area contributed by atoms with Crippen molar-refractivity contribution in [1.29, 1.82) is 5.26 Å². The van der Waals surface area contributed by atoms with Crippen molar-refractivity contribution in [2.45, 2.75) is 51.7 Å². The minimum absolute atomic E-state index is 0.111. The number of hydrogen-bond acceptors (Lipinski definition) is 4. The summed E-state index contributed by atoms with van der Waals surface area (Å²) in [5.41, 5.74) is 4.83. The Bertz CT molecular complexity index is 226. The van der Waals surface area contributed by atoms with Crippen LogP contribution < -0.4 is 5.73 Å². The van der Waals surface area contributed by atoms with Gasteiger partial charge in [0.2, 0.25) is 0 Å². The Morgan fingerprint density at radius 1 is 1.12 bits per heavy atom. The molecule has 0 spiro atoms. The maximum atomic E-state index is 8.69. The molecule has 0 fully saturated rings. The maximum Gasteiger partial charge on any atom is 0.101 e. The second kappa shape index (κ2) is 6.85. The molecule has 16 heavy (non-hydrogen) atoms. The molecule has 0 aliphatic heterocycles. The fourth-order valence-corrected chi connectivity index (χ4v) is 1.11. The van der Waals surface area contributed by atoms with Crippen molar-refractivity contribution in [3.8, 4) is 6.07 Å². The summed E-state index contributed by atoms with van der Waals surface area (Å²) in [5.74, 6) is 0. The van der Waals surface area contributed by atoms with Gasteiger partial charge in [-0.1, -0.05) is 0 Å². The van der Waals surface area contributed by atoms with Gasteiger partial charge in [0.15, 0.2) is 0 Å². The summed E-state index contributed by atoms with van der Waals surface area (Å²) in [6.45, 7) is 9.59. The molecule has 0 aromatic carbocycles. The Morgan fingerprint density at radius 3 is 2.25 bits per heavy atom.